The first-order valence-corrected chi connectivity index (χ1v) is 10.4. The van der Waals surface area contributed by atoms with Gasteiger partial charge in [0.15, 0.2) is 0 Å². The first-order chi connectivity index (χ1) is 13.6. The topological polar surface area (TPSA) is 60.2 Å². The maximum atomic E-state index is 11.2. The fraction of sp³-hybridized carbons (Fsp3) is 0.591. The van der Waals surface area contributed by atoms with Gasteiger partial charge in [-0.15, -0.1) is 0 Å². The number of likely N-dealkylation sites (tertiary alicyclic amines) is 1. The lowest BCUT2D eigenvalue weighted by molar-refractivity contribution is -0.137. The molecule has 0 unspecified atom stereocenters. The standard InChI is InChI=1S/C22H31N3O3/c1-23-9-11-25(12-10-23)20-6-8-24(16-19(20)3-5-22(26)27)15-17-2-4-21-18(14-17)7-13-28-21/h2,4,7,13-14,19-20H,3,5-6,8-12,15-16H2,1H3,(H,26,27)/t19-,20+/m0/s1. The van der Waals surface area contributed by atoms with E-state index in [4.69, 9.17) is 4.42 Å². The number of piperazine rings is 1. The number of carboxylic acids is 1. The lowest BCUT2D eigenvalue weighted by atomic mass is 9.86. The molecule has 28 heavy (non-hydrogen) atoms. The van der Waals surface area contributed by atoms with Crippen LogP contribution in [0.25, 0.3) is 11.0 Å². The quantitative estimate of drug-likeness (QED) is 0.825. The molecular formula is C22H31N3O3. The fourth-order valence-corrected chi connectivity index (χ4v) is 4.84. The molecule has 2 aromatic rings. The predicted octanol–water partition coefficient (Wildman–Crippen LogP) is 2.74. The van der Waals surface area contributed by atoms with Crippen molar-refractivity contribution in [1.82, 2.24) is 14.7 Å². The highest BCUT2D eigenvalue weighted by molar-refractivity contribution is 5.77. The van der Waals surface area contributed by atoms with Crippen molar-refractivity contribution in [2.24, 2.45) is 5.92 Å². The van der Waals surface area contributed by atoms with Gasteiger partial charge in [0.05, 0.1) is 6.26 Å². The minimum atomic E-state index is -0.681. The second kappa shape index (κ2) is 8.64. The van der Waals surface area contributed by atoms with E-state index in [0.717, 1.165) is 69.6 Å². The van der Waals surface area contributed by atoms with E-state index in [0.29, 0.717) is 12.0 Å². The fourth-order valence-electron chi connectivity index (χ4n) is 4.84. The molecule has 0 saturated carbocycles. The number of carbonyl (C=O) groups is 1. The SMILES string of the molecule is CN1CCN([C@@H]2CCN(Cc3ccc4occc4c3)C[C@@H]2CCC(=O)O)CC1. The maximum absolute atomic E-state index is 11.2. The zero-order valence-electron chi connectivity index (χ0n) is 16.7. The zero-order chi connectivity index (χ0) is 19.5. The van der Waals surface area contributed by atoms with Gasteiger partial charge in [-0.1, -0.05) is 6.07 Å². The van der Waals surface area contributed by atoms with Crippen LogP contribution in [0.3, 0.4) is 0 Å². The van der Waals surface area contributed by atoms with Gasteiger partial charge >= 0.3 is 5.97 Å². The highest BCUT2D eigenvalue weighted by Gasteiger charge is 2.34. The average Bonchev–Trinajstić information content (AvgIpc) is 3.15. The van der Waals surface area contributed by atoms with Crippen LogP contribution in [0.5, 0.6) is 0 Å². The molecule has 2 aliphatic rings. The largest absolute Gasteiger partial charge is 0.481 e. The first-order valence-electron chi connectivity index (χ1n) is 10.4. The van der Waals surface area contributed by atoms with Gasteiger partial charge in [-0.3, -0.25) is 14.6 Å². The number of benzene rings is 1. The van der Waals surface area contributed by atoms with Crippen LogP contribution in [0.2, 0.25) is 0 Å². The summed E-state index contributed by atoms with van der Waals surface area (Å²) in [5.41, 5.74) is 2.22. The Balaban J connectivity index is 1.42. The molecular weight excluding hydrogens is 354 g/mol. The molecule has 0 radical (unpaired) electrons. The molecule has 2 aliphatic heterocycles. The highest BCUT2D eigenvalue weighted by atomic mass is 16.4. The third-order valence-corrected chi connectivity index (χ3v) is 6.44. The number of hydrogen-bond acceptors (Lipinski definition) is 5. The van der Waals surface area contributed by atoms with Crippen LogP contribution in [0, 0.1) is 5.92 Å². The summed E-state index contributed by atoms with van der Waals surface area (Å²) in [7, 11) is 2.18. The summed E-state index contributed by atoms with van der Waals surface area (Å²) < 4.78 is 5.44. The van der Waals surface area contributed by atoms with Crippen LogP contribution < -0.4 is 0 Å². The van der Waals surface area contributed by atoms with Crippen LogP contribution in [-0.2, 0) is 11.3 Å². The van der Waals surface area contributed by atoms with Crippen molar-refractivity contribution in [3.63, 3.8) is 0 Å². The number of carboxylic acid groups (broad SMARTS) is 1. The summed E-state index contributed by atoms with van der Waals surface area (Å²) >= 11 is 0. The summed E-state index contributed by atoms with van der Waals surface area (Å²) in [5.74, 6) is -0.259. The Morgan fingerprint density at radius 1 is 1.18 bits per heavy atom. The number of furan rings is 1. The Morgan fingerprint density at radius 3 is 2.79 bits per heavy atom. The molecule has 3 heterocycles. The molecule has 4 rings (SSSR count). The molecule has 6 heteroatoms. The Labute approximate surface area is 166 Å². The van der Waals surface area contributed by atoms with Crippen molar-refractivity contribution in [3.05, 3.63) is 36.1 Å². The molecule has 0 aliphatic carbocycles. The molecule has 1 N–H and O–H groups in total. The Kier molecular flexibility index (Phi) is 5.99. The van der Waals surface area contributed by atoms with Crippen molar-refractivity contribution in [3.8, 4) is 0 Å². The number of rotatable bonds is 6. The van der Waals surface area contributed by atoms with E-state index in [1.165, 1.54) is 5.56 Å². The second-order valence-electron chi connectivity index (χ2n) is 8.42. The maximum Gasteiger partial charge on any atom is 0.303 e. The zero-order valence-corrected chi connectivity index (χ0v) is 16.7. The Hall–Kier alpha value is -1.89. The molecule has 2 saturated heterocycles. The normalized spacial score (nSPS) is 25.3. The van der Waals surface area contributed by atoms with Crippen LogP contribution in [0.1, 0.15) is 24.8 Å². The number of hydrogen-bond donors (Lipinski definition) is 1. The number of aliphatic carboxylic acids is 1. The smallest absolute Gasteiger partial charge is 0.303 e. The van der Waals surface area contributed by atoms with Gasteiger partial charge in [0.1, 0.15) is 5.58 Å². The number of fused-ring (bicyclic) bond motifs is 1. The average molecular weight is 386 g/mol. The molecule has 1 aromatic carbocycles. The van der Waals surface area contributed by atoms with Crippen molar-refractivity contribution < 1.29 is 14.3 Å². The first kappa shape index (κ1) is 19.4. The second-order valence-corrected chi connectivity index (χ2v) is 8.42. The van der Waals surface area contributed by atoms with E-state index < -0.39 is 5.97 Å². The lowest BCUT2D eigenvalue weighted by Crippen LogP contribution is -2.56. The Bertz CT molecular complexity index is 797. The summed E-state index contributed by atoms with van der Waals surface area (Å²) in [6.45, 7) is 7.38. The van der Waals surface area contributed by atoms with Gasteiger partial charge in [-0.05, 0) is 56.1 Å². The van der Waals surface area contributed by atoms with Gasteiger partial charge in [0, 0.05) is 57.1 Å². The number of piperidine rings is 1. The number of likely N-dealkylation sites (N-methyl/N-ethyl adjacent to an activating group) is 1. The van der Waals surface area contributed by atoms with Crippen molar-refractivity contribution >= 4 is 16.9 Å². The molecule has 2 atom stereocenters. The molecule has 1 aromatic heterocycles. The van der Waals surface area contributed by atoms with E-state index >= 15 is 0 Å². The third kappa shape index (κ3) is 4.57. The van der Waals surface area contributed by atoms with Crippen molar-refractivity contribution in [2.75, 3.05) is 46.3 Å². The minimum Gasteiger partial charge on any atom is -0.481 e. The molecule has 152 valence electrons. The minimum absolute atomic E-state index is 0.268. The van der Waals surface area contributed by atoms with Crippen molar-refractivity contribution in [1.29, 1.82) is 0 Å². The predicted molar refractivity (Wildman–Crippen MR) is 109 cm³/mol. The lowest BCUT2D eigenvalue weighted by Gasteiger charge is -2.46. The monoisotopic (exact) mass is 385 g/mol. The van der Waals surface area contributed by atoms with Gasteiger partial charge in [-0.25, -0.2) is 0 Å². The van der Waals surface area contributed by atoms with Crippen LogP contribution in [0.4, 0.5) is 0 Å². The number of nitrogens with zero attached hydrogens (tertiary/aromatic N) is 3. The van der Waals surface area contributed by atoms with Crippen LogP contribution in [0.15, 0.2) is 34.9 Å². The van der Waals surface area contributed by atoms with Gasteiger partial charge in [-0.2, -0.15) is 0 Å². The summed E-state index contributed by atoms with van der Waals surface area (Å²) in [6, 6.07) is 8.92. The molecule has 0 bridgehead atoms. The van der Waals surface area contributed by atoms with E-state index in [1.807, 2.05) is 12.1 Å². The summed E-state index contributed by atoms with van der Waals surface area (Å²) in [5, 5.41) is 10.4. The van der Waals surface area contributed by atoms with Crippen molar-refractivity contribution in [2.45, 2.75) is 31.8 Å². The van der Waals surface area contributed by atoms with Crippen LogP contribution >= 0.6 is 0 Å². The van der Waals surface area contributed by atoms with E-state index in [1.54, 1.807) is 6.26 Å². The summed E-state index contributed by atoms with van der Waals surface area (Å²) in [6.07, 6.45) is 3.90. The van der Waals surface area contributed by atoms with Gasteiger partial charge in [0.25, 0.3) is 0 Å². The third-order valence-electron chi connectivity index (χ3n) is 6.44. The van der Waals surface area contributed by atoms with Gasteiger partial charge in [0.2, 0.25) is 0 Å². The van der Waals surface area contributed by atoms with Crippen LogP contribution in [-0.4, -0.2) is 78.1 Å². The Morgan fingerprint density at radius 2 is 2.00 bits per heavy atom. The molecule has 0 spiro atoms. The molecule has 6 nitrogen and oxygen atoms in total. The van der Waals surface area contributed by atoms with E-state index in [-0.39, 0.29) is 6.42 Å². The summed E-state index contributed by atoms with van der Waals surface area (Å²) in [4.78, 5) is 18.7. The van der Waals surface area contributed by atoms with Gasteiger partial charge < -0.3 is 14.4 Å². The van der Waals surface area contributed by atoms with E-state index in [9.17, 15) is 9.90 Å². The molecule has 2 fully saturated rings. The van der Waals surface area contributed by atoms with E-state index in [2.05, 4.69) is 33.9 Å². The molecule has 0 amide bonds. The highest BCUT2D eigenvalue weighted by Crippen LogP contribution is 2.28.